The molecule has 3 aromatic carbocycles. The lowest BCUT2D eigenvalue weighted by molar-refractivity contribution is -0.387. The van der Waals surface area contributed by atoms with Crippen LogP contribution >= 0.6 is 23.1 Å². The Morgan fingerprint density at radius 2 is 1.90 bits per heavy atom. The number of aliphatic hydroxyl groups is 1. The van der Waals surface area contributed by atoms with Crippen LogP contribution in [0.3, 0.4) is 0 Å². The van der Waals surface area contributed by atoms with Crippen molar-refractivity contribution in [1.82, 2.24) is 10.2 Å². The maximum Gasteiger partial charge on any atom is 0.283 e. The van der Waals surface area contributed by atoms with Crippen molar-refractivity contribution in [1.29, 1.82) is 0 Å². The number of hydrogen-bond donors (Lipinski definition) is 2. The molecule has 0 saturated carbocycles. The monoisotopic (exact) mass is 575 g/mol. The van der Waals surface area contributed by atoms with Crippen molar-refractivity contribution in [3.05, 3.63) is 104 Å². The van der Waals surface area contributed by atoms with Crippen LogP contribution in [0.2, 0.25) is 0 Å². The lowest BCUT2D eigenvalue weighted by atomic mass is 9.93. The average molecular weight is 576 g/mol. The quantitative estimate of drug-likeness (QED) is 0.107. The number of nitro groups is 1. The molecule has 2 N–H and O–H groups in total. The predicted octanol–water partition coefficient (Wildman–Crippen LogP) is 7.04. The molecule has 2 atom stereocenters. The molecular weight excluding hydrogens is 539 g/mol. The van der Waals surface area contributed by atoms with E-state index in [4.69, 9.17) is 0 Å². The molecule has 2 heterocycles. The minimum absolute atomic E-state index is 0.0240. The highest BCUT2D eigenvalue weighted by Gasteiger charge is 2.32. The zero-order valence-corrected chi connectivity index (χ0v) is 24.7. The van der Waals surface area contributed by atoms with E-state index >= 15 is 0 Å². The maximum atomic E-state index is 11.9. The van der Waals surface area contributed by atoms with Crippen LogP contribution in [0.4, 0.5) is 5.69 Å². The average Bonchev–Trinajstić information content (AvgIpc) is 3.63. The molecule has 6 nitrogen and oxygen atoms in total. The third kappa shape index (κ3) is 7.30. The van der Waals surface area contributed by atoms with Gasteiger partial charge in [0.25, 0.3) is 5.69 Å². The van der Waals surface area contributed by atoms with E-state index in [2.05, 4.69) is 72.6 Å². The third-order valence-electron chi connectivity index (χ3n) is 7.66. The van der Waals surface area contributed by atoms with Gasteiger partial charge in [-0.15, -0.1) is 23.1 Å². The van der Waals surface area contributed by atoms with E-state index in [-0.39, 0.29) is 22.2 Å². The number of rotatable bonds is 12. The number of aliphatic hydroxyl groups excluding tert-OH is 1. The number of fused-ring (bicyclic) bond motifs is 1. The summed E-state index contributed by atoms with van der Waals surface area (Å²) in [5.41, 5.74) is 2.17. The zero-order chi connectivity index (χ0) is 28.1. The Kier molecular flexibility index (Phi) is 9.23. The fourth-order valence-corrected chi connectivity index (χ4v) is 7.40. The van der Waals surface area contributed by atoms with Gasteiger partial charge in [-0.25, -0.2) is 0 Å². The molecule has 5 rings (SSSR count). The van der Waals surface area contributed by atoms with Crippen LogP contribution < -0.4 is 5.32 Å². The largest absolute Gasteiger partial charge is 0.390 e. The van der Waals surface area contributed by atoms with Gasteiger partial charge < -0.3 is 10.4 Å². The van der Waals surface area contributed by atoms with Gasteiger partial charge >= 0.3 is 0 Å². The molecule has 1 aliphatic rings. The second-order valence-electron chi connectivity index (χ2n) is 11.3. The SMILES string of the molecule is CC(C)(Cc1ccc2ccccc2c1)NCC(O)C1CCCN1Cc1ccc(SCc2cccs2)c([N+](=O)[O-])c1. The van der Waals surface area contributed by atoms with Crippen molar-refractivity contribution >= 4 is 39.6 Å². The van der Waals surface area contributed by atoms with Gasteiger partial charge in [-0.1, -0.05) is 54.6 Å². The second kappa shape index (κ2) is 12.8. The molecule has 210 valence electrons. The first-order chi connectivity index (χ1) is 19.3. The third-order valence-corrected chi connectivity index (χ3v) is 9.83. The molecule has 0 radical (unpaired) electrons. The van der Waals surface area contributed by atoms with E-state index in [1.807, 2.05) is 23.6 Å². The molecule has 0 spiro atoms. The molecule has 0 aliphatic carbocycles. The Bertz CT molecular complexity index is 1440. The van der Waals surface area contributed by atoms with E-state index in [9.17, 15) is 15.2 Å². The van der Waals surface area contributed by atoms with Crippen molar-refractivity contribution in [3.63, 3.8) is 0 Å². The molecule has 0 amide bonds. The predicted molar refractivity (Wildman–Crippen MR) is 166 cm³/mol. The highest BCUT2D eigenvalue weighted by atomic mass is 32.2. The number of nitrogens with one attached hydrogen (secondary N) is 1. The Morgan fingerprint density at radius 1 is 1.10 bits per heavy atom. The summed E-state index contributed by atoms with van der Waals surface area (Å²) >= 11 is 3.17. The van der Waals surface area contributed by atoms with Gasteiger partial charge in [0.2, 0.25) is 0 Å². The summed E-state index contributed by atoms with van der Waals surface area (Å²) in [6.45, 7) is 6.33. The summed E-state index contributed by atoms with van der Waals surface area (Å²) in [6, 6.07) is 24.7. The Morgan fingerprint density at radius 3 is 2.67 bits per heavy atom. The van der Waals surface area contributed by atoms with Crippen LogP contribution in [0.15, 0.2) is 83.1 Å². The van der Waals surface area contributed by atoms with Crippen LogP contribution in [-0.4, -0.2) is 45.7 Å². The fraction of sp³-hybridized carbons (Fsp3) is 0.375. The number of hydrogen-bond acceptors (Lipinski definition) is 7. The molecule has 8 heteroatoms. The van der Waals surface area contributed by atoms with Crippen LogP contribution in [0, 0.1) is 10.1 Å². The minimum atomic E-state index is -0.519. The van der Waals surface area contributed by atoms with Gasteiger partial charge in [-0.2, -0.15) is 0 Å². The lowest BCUT2D eigenvalue weighted by Crippen LogP contribution is -2.50. The second-order valence-corrected chi connectivity index (χ2v) is 13.3. The Labute approximate surface area is 244 Å². The van der Waals surface area contributed by atoms with E-state index in [0.29, 0.717) is 18.0 Å². The van der Waals surface area contributed by atoms with Gasteiger partial charge in [0, 0.05) is 41.4 Å². The smallest absolute Gasteiger partial charge is 0.283 e. The van der Waals surface area contributed by atoms with E-state index in [1.54, 1.807) is 17.4 Å². The summed E-state index contributed by atoms with van der Waals surface area (Å²) in [4.78, 5) is 15.7. The Balaban J connectivity index is 1.18. The molecule has 1 aromatic heterocycles. The maximum absolute atomic E-state index is 11.9. The van der Waals surface area contributed by atoms with E-state index in [0.717, 1.165) is 37.1 Å². The summed E-state index contributed by atoms with van der Waals surface area (Å²) in [6.07, 6.45) is 2.28. The van der Waals surface area contributed by atoms with Gasteiger partial charge in [0.1, 0.15) is 0 Å². The lowest BCUT2D eigenvalue weighted by Gasteiger charge is -2.33. The van der Waals surface area contributed by atoms with Crippen molar-refractivity contribution in [2.75, 3.05) is 13.1 Å². The van der Waals surface area contributed by atoms with E-state index in [1.165, 1.54) is 33.0 Å². The number of benzene rings is 3. The van der Waals surface area contributed by atoms with E-state index < -0.39 is 6.10 Å². The Hall–Kier alpha value is -2.75. The molecule has 4 aromatic rings. The van der Waals surface area contributed by atoms with Gasteiger partial charge in [-0.3, -0.25) is 15.0 Å². The van der Waals surface area contributed by atoms with Crippen molar-refractivity contribution in [2.45, 2.75) is 68.0 Å². The summed E-state index contributed by atoms with van der Waals surface area (Å²) in [7, 11) is 0. The van der Waals surface area contributed by atoms with Crippen LogP contribution in [0.25, 0.3) is 10.8 Å². The summed E-state index contributed by atoms with van der Waals surface area (Å²) in [5, 5.41) is 31.2. The number of nitro benzene ring substituents is 1. The molecule has 2 unspecified atom stereocenters. The topological polar surface area (TPSA) is 78.6 Å². The van der Waals surface area contributed by atoms with Gasteiger partial charge in [0.05, 0.1) is 15.9 Å². The first-order valence-electron chi connectivity index (χ1n) is 13.8. The zero-order valence-electron chi connectivity index (χ0n) is 23.1. The van der Waals surface area contributed by atoms with Crippen LogP contribution in [0.5, 0.6) is 0 Å². The number of β-amino-alcohol motifs (C(OH)–C–C–N with tert-alkyl or cyclic N) is 1. The molecule has 40 heavy (non-hydrogen) atoms. The van der Waals surface area contributed by atoms with Crippen molar-refractivity contribution < 1.29 is 10.0 Å². The minimum Gasteiger partial charge on any atom is -0.390 e. The molecular formula is C32H37N3O3S2. The number of thioether (sulfide) groups is 1. The molecule has 1 aliphatic heterocycles. The first-order valence-corrected chi connectivity index (χ1v) is 15.7. The summed E-state index contributed by atoms with van der Waals surface area (Å²) < 4.78 is 0. The highest BCUT2D eigenvalue weighted by molar-refractivity contribution is 7.98. The normalized spacial score (nSPS) is 16.9. The van der Waals surface area contributed by atoms with Gasteiger partial charge in [-0.05, 0) is 79.1 Å². The first kappa shape index (κ1) is 28.8. The molecule has 1 fully saturated rings. The number of thiophene rings is 1. The highest BCUT2D eigenvalue weighted by Crippen LogP contribution is 2.34. The fourth-order valence-electron chi connectivity index (χ4n) is 5.63. The van der Waals surface area contributed by atoms with Crippen LogP contribution in [0.1, 0.15) is 42.7 Å². The number of nitrogens with zero attached hydrogens (tertiary/aromatic N) is 2. The van der Waals surface area contributed by atoms with Crippen LogP contribution in [-0.2, 0) is 18.7 Å². The van der Waals surface area contributed by atoms with Crippen molar-refractivity contribution in [2.24, 2.45) is 0 Å². The number of likely N-dealkylation sites (tertiary alicyclic amines) is 1. The molecule has 0 bridgehead atoms. The standard InChI is InChI=1S/C32H37N3O3S2/c1-32(2,19-23-11-13-25-7-3-4-8-26(25)17-23)33-20-30(36)28-10-5-15-34(28)21-24-12-14-31(29(18-24)35(37)38)40-22-27-9-6-16-39-27/h3-4,6-9,11-14,16-18,28,30,33,36H,5,10,15,19-22H2,1-2H3. The molecule has 1 saturated heterocycles. The summed E-state index contributed by atoms with van der Waals surface area (Å²) in [5.74, 6) is 0.725. The van der Waals surface area contributed by atoms with Gasteiger partial charge in [0.15, 0.2) is 0 Å². The van der Waals surface area contributed by atoms with Crippen molar-refractivity contribution in [3.8, 4) is 0 Å².